The van der Waals surface area contributed by atoms with E-state index in [0.717, 1.165) is 5.75 Å². The van der Waals surface area contributed by atoms with E-state index in [1.54, 1.807) is 45.3 Å². The molecule has 0 aromatic heterocycles. The SMILES string of the molecule is CCC(=O)N(C)CC(=O)Nc1ccc(OC)cc1. The van der Waals surface area contributed by atoms with Gasteiger partial charge in [0.15, 0.2) is 0 Å². The summed E-state index contributed by atoms with van der Waals surface area (Å²) < 4.78 is 5.02. The normalized spacial score (nSPS) is 9.72. The van der Waals surface area contributed by atoms with Gasteiger partial charge in [-0.15, -0.1) is 0 Å². The number of hydrogen-bond acceptors (Lipinski definition) is 3. The average molecular weight is 250 g/mol. The van der Waals surface area contributed by atoms with Crippen molar-refractivity contribution in [3.63, 3.8) is 0 Å². The molecule has 98 valence electrons. The number of anilines is 1. The molecule has 0 saturated heterocycles. The topological polar surface area (TPSA) is 58.6 Å². The van der Waals surface area contributed by atoms with Crippen molar-refractivity contribution in [2.45, 2.75) is 13.3 Å². The molecule has 0 unspecified atom stereocenters. The predicted molar refractivity (Wildman–Crippen MR) is 69.6 cm³/mol. The summed E-state index contributed by atoms with van der Waals surface area (Å²) in [4.78, 5) is 24.4. The summed E-state index contributed by atoms with van der Waals surface area (Å²) in [5.74, 6) is 0.454. The van der Waals surface area contributed by atoms with E-state index in [1.165, 1.54) is 4.90 Å². The van der Waals surface area contributed by atoms with Crippen LogP contribution in [0.4, 0.5) is 5.69 Å². The summed E-state index contributed by atoms with van der Waals surface area (Å²) in [5.41, 5.74) is 0.679. The van der Waals surface area contributed by atoms with Crippen LogP contribution in [0.1, 0.15) is 13.3 Å². The summed E-state index contributed by atoms with van der Waals surface area (Å²) in [6, 6.07) is 7.02. The van der Waals surface area contributed by atoms with Gasteiger partial charge in [0.1, 0.15) is 5.75 Å². The summed E-state index contributed by atoms with van der Waals surface area (Å²) in [7, 11) is 3.19. The van der Waals surface area contributed by atoms with Gasteiger partial charge in [-0.2, -0.15) is 0 Å². The maximum Gasteiger partial charge on any atom is 0.243 e. The van der Waals surface area contributed by atoms with Crippen molar-refractivity contribution >= 4 is 17.5 Å². The molecule has 5 heteroatoms. The summed E-state index contributed by atoms with van der Waals surface area (Å²) in [6.07, 6.45) is 0.395. The Morgan fingerprint density at radius 2 is 1.89 bits per heavy atom. The number of methoxy groups -OCH3 is 1. The van der Waals surface area contributed by atoms with Crippen LogP contribution in [0.5, 0.6) is 5.75 Å². The molecule has 5 nitrogen and oxygen atoms in total. The Kier molecular flexibility index (Phi) is 5.17. The van der Waals surface area contributed by atoms with E-state index >= 15 is 0 Å². The second-order valence-electron chi connectivity index (χ2n) is 3.88. The monoisotopic (exact) mass is 250 g/mol. The van der Waals surface area contributed by atoms with Crippen molar-refractivity contribution in [1.29, 1.82) is 0 Å². The first-order valence-corrected chi connectivity index (χ1v) is 5.74. The molecule has 0 radical (unpaired) electrons. The molecule has 0 bridgehead atoms. The summed E-state index contributed by atoms with van der Waals surface area (Å²) >= 11 is 0. The first-order chi connectivity index (χ1) is 8.56. The number of ether oxygens (including phenoxy) is 1. The highest BCUT2D eigenvalue weighted by Crippen LogP contribution is 2.14. The number of likely N-dealkylation sites (N-methyl/N-ethyl adjacent to an activating group) is 1. The Labute approximate surface area is 107 Å². The number of hydrogen-bond donors (Lipinski definition) is 1. The second kappa shape index (κ2) is 6.64. The number of benzene rings is 1. The van der Waals surface area contributed by atoms with Crippen LogP contribution in [0.3, 0.4) is 0 Å². The first kappa shape index (κ1) is 14.0. The lowest BCUT2D eigenvalue weighted by Gasteiger charge is -2.15. The van der Waals surface area contributed by atoms with Crippen molar-refractivity contribution in [2.24, 2.45) is 0 Å². The lowest BCUT2D eigenvalue weighted by atomic mass is 10.3. The van der Waals surface area contributed by atoms with Gasteiger partial charge in [-0.25, -0.2) is 0 Å². The largest absolute Gasteiger partial charge is 0.497 e. The van der Waals surface area contributed by atoms with E-state index in [9.17, 15) is 9.59 Å². The number of rotatable bonds is 5. The lowest BCUT2D eigenvalue weighted by molar-refractivity contribution is -0.133. The van der Waals surface area contributed by atoms with Gasteiger partial charge in [0, 0.05) is 19.2 Å². The molecule has 0 atom stereocenters. The third-order valence-electron chi connectivity index (χ3n) is 2.48. The van der Waals surface area contributed by atoms with Gasteiger partial charge in [0.25, 0.3) is 0 Å². The molecule has 0 aliphatic heterocycles. The minimum absolute atomic E-state index is 0.0543. The molecule has 0 saturated carbocycles. The molecular weight excluding hydrogens is 232 g/mol. The van der Waals surface area contributed by atoms with E-state index < -0.39 is 0 Å². The number of amides is 2. The molecule has 1 aromatic rings. The van der Waals surface area contributed by atoms with Crippen LogP contribution in [0, 0.1) is 0 Å². The molecule has 0 aliphatic rings. The quantitative estimate of drug-likeness (QED) is 0.861. The Bertz CT molecular complexity index is 415. The zero-order chi connectivity index (χ0) is 13.5. The minimum atomic E-state index is -0.218. The smallest absolute Gasteiger partial charge is 0.243 e. The van der Waals surface area contributed by atoms with Crippen LogP contribution in [0.15, 0.2) is 24.3 Å². The fourth-order valence-electron chi connectivity index (χ4n) is 1.45. The highest BCUT2D eigenvalue weighted by Gasteiger charge is 2.10. The molecule has 1 N–H and O–H groups in total. The van der Waals surface area contributed by atoms with Gasteiger partial charge in [-0.3, -0.25) is 9.59 Å². The van der Waals surface area contributed by atoms with E-state index in [0.29, 0.717) is 12.1 Å². The molecule has 0 aliphatic carbocycles. The molecule has 0 heterocycles. The molecule has 1 aromatic carbocycles. The summed E-state index contributed by atoms with van der Waals surface area (Å²) in [6.45, 7) is 1.82. The standard InChI is InChI=1S/C13H18N2O3/c1-4-13(17)15(2)9-12(16)14-10-5-7-11(18-3)8-6-10/h5-8H,4,9H2,1-3H3,(H,14,16). The minimum Gasteiger partial charge on any atom is -0.497 e. The highest BCUT2D eigenvalue weighted by atomic mass is 16.5. The Balaban J connectivity index is 2.51. The Morgan fingerprint density at radius 1 is 1.28 bits per heavy atom. The Morgan fingerprint density at radius 3 is 2.39 bits per heavy atom. The maximum absolute atomic E-state index is 11.7. The van der Waals surface area contributed by atoms with Gasteiger partial charge in [0.05, 0.1) is 13.7 Å². The average Bonchev–Trinajstić information content (AvgIpc) is 2.38. The fourth-order valence-corrected chi connectivity index (χ4v) is 1.45. The maximum atomic E-state index is 11.7. The third kappa shape index (κ3) is 4.08. The zero-order valence-corrected chi connectivity index (χ0v) is 10.9. The van der Waals surface area contributed by atoms with Crippen molar-refractivity contribution < 1.29 is 14.3 Å². The number of nitrogens with one attached hydrogen (secondary N) is 1. The van der Waals surface area contributed by atoms with Gasteiger partial charge in [-0.1, -0.05) is 6.92 Å². The van der Waals surface area contributed by atoms with E-state index in [4.69, 9.17) is 4.74 Å². The van der Waals surface area contributed by atoms with Crippen molar-refractivity contribution in [1.82, 2.24) is 4.90 Å². The molecule has 1 rings (SSSR count). The number of nitrogens with zero attached hydrogens (tertiary/aromatic N) is 1. The number of carbonyl (C=O) groups excluding carboxylic acids is 2. The van der Waals surface area contributed by atoms with Crippen LogP contribution in [-0.2, 0) is 9.59 Å². The van der Waals surface area contributed by atoms with Crippen LogP contribution in [-0.4, -0.2) is 37.4 Å². The second-order valence-corrected chi connectivity index (χ2v) is 3.88. The fraction of sp³-hybridized carbons (Fsp3) is 0.385. The predicted octanol–water partition coefficient (Wildman–Crippen LogP) is 1.50. The van der Waals surface area contributed by atoms with Gasteiger partial charge in [0.2, 0.25) is 11.8 Å². The van der Waals surface area contributed by atoms with Crippen molar-refractivity contribution in [3.05, 3.63) is 24.3 Å². The zero-order valence-electron chi connectivity index (χ0n) is 10.9. The Hall–Kier alpha value is -2.04. The first-order valence-electron chi connectivity index (χ1n) is 5.74. The third-order valence-corrected chi connectivity index (χ3v) is 2.48. The van der Waals surface area contributed by atoms with Crippen molar-refractivity contribution in [2.75, 3.05) is 26.0 Å². The van der Waals surface area contributed by atoms with Gasteiger partial charge < -0.3 is 15.0 Å². The molecular formula is C13H18N2O3. The van der Waals surface area contributed by atoms with Crippen LogP contribution >= 0.6 is 0 Å². The van der Waals surface area contributed by atoms with Gasteiger partial charge >= 0.3 is 0 Å². The van der Waals surface area contributed by atoms with Crippen LogP contribution in [0.25, 0.3) is 0 Å². The van der Waals surface area contributed by atoms with E-state index in [2.05, 4.69) is 5.32 Å². The molecule has 0 spiro atoms. The lowest BCUT2D eigenvalue weighted by Crippen LogP contribution is -2.34. The van der Waals surface area contributed by atoms with E-state index in [-0.39, 0.29) is 18.4 Å². The van der Waals surface area contributed by atoms with Gasteiger partial charge in [-0.05, 0) is 24.3 Å². The molecule has 2 amide bonds. The highest BCUT2D eigenvalue weighted by molar-refractivity contribution is 5.94. The number of carbonyl (C=O) groups is 2. The summed E-state index contributed by atoms with van der Waals surface area (Å²) in [5, 5.41) is 2.71. The van der Waals surface area contributed by atoms with Crippen molar-refractivity contribution in [3.8, 4) is 5.75 Å². The molecule has 0 fully saturated rings. The van der Waals surface area contributed by atoms with Crippen LogP contribution < -0.4 is 10.1 Å². The van der Waals surface area contributed by atoms with E-state index in [1.807, 2.05) is 0 Å². The van der Waals surface area contributed by atoms with Crippen LogP contribution in [0.2, 0.25) is 0 Å². The molecule has 18 heavy (non-hydrogen) atoms.